The van der Waals surface area contributed by atoms with Crippen molar-refractivity contribution in [3.63, 3.8) is 0 Å². The van der Waals surface area contributed by atoms with Crippen LogP contribution in [0.4, 0.5) is 11.4 Å². The van der Waals surface area contributed by atoms with E-state index in [-0.39, 0.29) is 30.2 Å². The molecular formula is C29H27N3O3. The molecule has 3 amide bonds. The number of nitrogens with one attached hydrogen (secondary N) is 2. The Bertz CT molecular complexity index is 1470. The molecule has 176 valence electrons. The van der Waals surface area contributed by atoms with E-state index in [1.165, 1.54) is 0 Å². The third-order valence-corrected chi connectivity index (χ3v) is 6.62. The minimum absolute atomic E-state index is 0.164. The van der Waals surface area contributed by atoms with E-state index in [0.717, 1.165) is 32.8 Å². The van der Waals surface area contributed by atoms with Crippen molar-refractivity contribution in [1.82, 2.24) is 5.32 Å². The fraction of sp³-hybridized carbons (Fsp3) is 0.207. The average molecular weight is 466 g/mol. The minimum Gasteiger partial charge on any atom is -0.327 e. The summed E-state index contributed by atoms with van der Waals surface area (Å²) in [4.78, 5) is 40.3. The van der Waals surface area contributed by atoms with E-state index in [1.807, 2.05) is 69.3 Å². The van der Waals surface area contributed by atoms with Gasteiger partial charge in [-0.05, 0) is 67.8 Å². The van der Waals surface area contributed by atoms with E-state index >= 15 is 0 Å². The lowest BCUT2D eigenvalue weighted by Crippen LogP contribution is -2.47. The zero-order valence-electron chi connectivity index (χ0n) is 20.0. The molecule has 1 saturated heterocycles. The highest BCUT2D eigenvalue weighted by Crippen LogP contribution is 2.28. The average Bonchev–Trinajstić information content (AvgIpc) is 2.93. The summed E-state index contributed by atoms with van der Waals surface area (Å²) >= 11 is 0. The van der Waals surface area contributed by atoms with Gasteiger partial charge in [-0.2, -0.15) is 0 Å². The van der Waals surface area contributed by atoms with Crippen LogP contribution in [0.15, 0.2) is 60.7 Å². The number of aryl methyl sites for hydroxylation is 3. The molecule has 0 aromatic heterocycles. The number of hydrogen-bond acceptors (Lipinski definition) is 3. The Morgan fingerprint density at radius 2 is 1.66 bits per heavy atom. The molecule has 0 spiro atoms. The van der Waals surface area contributed by atoms with Crippen LogP contribution in [0.1, 0.15) is 39.9 Å². The zero-order chi connectivity index (χ0) is 24.7. The topological polar surface area (TPSA) is 78.5 Å². The maximum atomic E-state index is 13.1. The Labute approximate surface area is 204 Å². The smallest absolute Gasteiger partial charge is 0.256 e. The molecule has 5 rings (SSSR count). The Morgan fingerprint density at radius 1 is 0.971 bits per heavy atom. The van der Waals surface area contributed by atoms with Gasteiger partial charge in [-0.15, -0.1) is 0 Å². The molecular weight excluding hydrogens is 438 g/mol. The van der Waals surface area contributed by atoms with Gasteiger partial charge >= 0.3 is 0 Å². The summed E-state index contributed by atoms with van der Waals surface area (Å²) in [6.45, 7) is 5.89. The largest absolute Gasteiger partial charge is 0.327 e. The fourth-order valence-electron chi connectivity index (χ4n) is 5.19. The van der Waals surface area contributed by atoms with E-state index in [0.29, 0.717) is 23.4 Å². The second kappa shape index (κ2) is 8.87. The van der Waals surface area contributed by atoms with Crippen LogP contribution in [0.3, 0.4) is 0 Å². The highest BCUT2D eigenvalue weighted by molar-refractivity contribution is 6.10. The normalized spacial score (nSPS) is 17.1. The van der Waals surface area contributed by atoms with Crippen LogP contribution in [-0.2, 0) is 9.59 Å². The van der Waals surface area contributed by atoms with Crippen LogP contribution in [-0.4, -0.2) is 23.8 Å². The molecule has 35 heavy (non-hydrogen) atoms. The summed E-state index contributed by atoms with van der Waals surface area (Å²) in [5.41, 5.74) is 5.72. The molecule has 0 radical (unpaired) electrons. The summed E-state index contributed by atoms with van der Waals surface area (Å²) in [5, 5.41) is 7.93. The van der Waals surface area contributed by atoms with Crippen molar-refractivity contribution in [2.45, 2.75) is 39.7 Å². The molecule has 1 aliphatic heterocycles. The first-order chi connectivity index (χ1) is 16.8. The van der Waals surface area contributed by atoms with E-state index in [2.05, 4.69) is 16.7 Å². The first-order valence-electron chi connectivity index (χ1n) is 11.7. The minimum atomic E-state index is -0.304. The van der Waals surface area contributed by atoms with Crippen molar-refractivity contribution < 1.29 is 14.4 Å². The second-order valence-electron chi connectivity index (χ2n) is 9.22. The monoisotopic (exact) mass is 465 g/mol. The predicted molar refractivity (Wildman–Crippen MR) is 137 cm³/mol. The number of fused-ring (bicyclic) bond motifs is 2. The zero-order valence-corrected chi connectivity index (χ0v) is 20.0. The second-order valence-corrected chi connectivity index (χ2v) is 9.22. The highest BCUT2D eigenvalue weighted by Gasteiger charge is 2.34. The standard InChI is InChI=1S/C29H27N3O3/c1-17-14-18(2)27(19(3)15-17)29(35)30-21-9-11-22(12-10-21)32-24-13-8-20-6-4-5-7-23(20)28(24)31-25(33)16-26(32)34/h4-12,14-15,24H,13,16H2,1-3H3,(H,30,35)(H,31,33). The van der Waals surface area contributed by atoms with Crippen molar-refractivity contribution in [3.8, 4) is 0 Å². The van der Waals surface area contributed by atoms with Crippen LogP contribution >= 0.6 is 0 Å². The molecule has 3 aromatic rings. The first kappa shape index (κ1) is 22.6. The number of hydrogen-bond donors (Lipinski definition) is 2. The van der Waals surface area contributed by atoms with Crippen LogP contribution in [0, 0.1) is 20.8 Å². The maximum absolute atomic E-state index is 13.1. The lowest BCUT2D eigenvalue weighted by Gasteiger charge is -2.32. The van der Waals surface area contributed by atoms with Gasteiger partial charge in [0.05, 0.1) is 6.04 Å². The number of nitrogens with zero attached hydrogens (tertiary/aromatic N) is 1. The molecule has 6 nitrogen and oxygen atoms in total. The molecule has 2 N–H and O–H groups in total. The molecule has 1 aliphatic carbocycles. The van der Waals surface area contributed by atoms with E-state index in [9.17, 15) is 14.4 Å². The van der Waals surface area contributed by atoms with Gasteiger partial charge in [-0.1, -0.05) is 48.0 Å². The summed E-state index contributed by atoms with van der Waals surface area (Å²) in [6, 6.07) is 18.8. The first-order valence-corrected chi connectivity index (χ1v) is 11.7. The molecule has 3 aromatic carbocycles. The van der Waals surface area contributed by atoms with Gasteiger partial charge < -0.3 is 15.5 Å². The highest BCUT2D eigenvalue weighted by atomic mass is 16.2. The summed E-state index contributed by atoms with van der Waals surface area (Å²) in [7, 11) is 0. The molecule has 1 heterocycles. The molecule has 1 fully saturated rings. The number of rotatable bonds is 3. The number of anilines is 2. The summed E-state index contributed by atoms with van der Waals surface area (Å²) in [5.74, 6) is -0.720. The number of carbonyl (C=O) groups is 3. The van der Waals surface area contributed by atoms with Crippen LogP contribution in [0.5, 0.6) is 0 Å². The third-order valence-electron chi connectivity index (χ3n) is 6.62. The maximum Gasteiger partial charge on any atom is 0.256 e. The van der Waals surface area contributed by atoms with Crippen LogP contribution < -0.4 is 26.0 Å². The van der Waals surface area contributed by atoms with Crippen molar-refractivity contribution in [2.24, 2.45) is 0 Å². The molecule has 1 atom stereocenters. The predicted octanol–water partition coefficient (Wildman–Crippen LogP) is 3.08. The van der Waals surface area contributed by atoms with Crippen LogP contribution in [0.2, 0.25) is 0 Å². The van der Waals surface area contributed by atoms with Crippen LogP contribution in [0.25, 0.3) is 11.8 Å². The van der Waals surface area contributed by atoms with Gasteiger partial charge in [0.2, 0.25) is 11.8 Å². The van der Waals surface area contributed by atoms with Gasteiger partial charge in [0, 0.05) is 27.9 Å². The molecule has 1 unspecified atom stereocenters. The summed E-state index contributed by atoms with van der Waals surface area (Å²) in [6.07, 6.45) is 2.48. The number of benzene rings is 3. The van der Waals surface area contributed by atoms with Gasteiger partial charge in [0.1, 0.15) is 6.42 Å². The van der Waals surface area contributed by atoms with E-state index in [4.69, 9.17) is 0 Å². The quantitative estimate of drug-likeness (QED) is 0.584. The third kappa shape index (κ3) is 4.23. The lowest BCUT2D eigenvalue weighted by molar-refractivity contribution is -0.126. The Balaban J connectivity index is 1.46. The van der Waals surface area contributed by atoms with E-state index in [1.54, 1.807) is 17.0 Å². The molecule has 2 aliphatic rings. The number of amides is 3. The fourth-order valence-corrected chi connectivity index (χ4v) is 5.19. The Kier molecular flexibility index (Phi) is 5.73. The Hall–Kier alpha value is -4.19. The lowest BCUT2D eigenvalue weighted by atomic mass is 9.98. The van der Waals surface area contributed by atoms with E-state index < -0.39 is 0 Å². The van der Waals surface area contributed by atoms with Crippen molar-refractivity contribution >= 4 is 40.9 Å². The van der Waals surface area contributed by atoms with Crippen molar-refractivity contribution in [2.75, 3.05) is 10.2 Å². The molecule has 6 heteroatoms. The van der Waals surface area contributed by atoms with Crippen molar-refractivity contribution in [1.29, 1.82) is 0 Å². The van der Waals surface area contributed by atoms with Crippen molar-refractivity contribution in [3.05, 3.63) is 93.4 Å². The van der Waals surface area contributed by atoms with Gasteiger partial charge in [-0.25, -0.2) is 0 Å². The van der Waals surface area contributed by atoms with Gasteiger partial charge in [0.15, 0.2) is 0 Å². The SMILES string of the molecule is Cc1cc(C)c(C(=O)Nc2ccc(N3C(=O)CC(=O)NC4=c5ccccc5=CCC43)cc2)c(C)c1. The Morgan fingerprint density at radius 3 is 2.37 bits per heavy atom. The molecule has 0 saturated carbocycles. The summed E-state index contributed by atoms with van der Waals surface area (Å²) < 4.78 is 0. The number of carbonyl (C=O) groups excluding carboxylic acids is 3. The molecule has 0 bridgehead atoms. The van der Waals surface area contributed by atoms with Gasteiger partial charge in [0.25, 0.3) is 5.91 Å². The van der Waals surface area contributed by atoms with Gasteiger partial charge in [-0.3, -0.25) is 14.4 Å².